The molecule has 2 aliphatic heterocycles. The molecule has 3 aliphatic rings. The number of benzene rings is 1. The molecule has 2 unspecified atom stereocenters. The Kier molecular flexibility index (Phi) is 5.31. The minimum Gasteiger partial charge on any atom is -0.493 e. The summed E-state index contributed by atoms with van der Waals surface area (Å²) in [5, 5.41) is 10.7. The number of alkyl halides is 1. The Morgan fingerprint density at radius 2 is 1.96 bits per heavy atom. The highest BCUT2D eigenvalue weighted by atomic mass is 19.1. The van der Waals surface area contributed by atoms with Crippen molar-refractivity contribution in [3.05, 3.63) is 23.3 Å². The van der Waals surface area contributed by atoms with Crippen LogP contribution in [-0.2, 0) is 11.2 Å². The molecule has 1 saturated carbocycles. The number of fused-ring (bicyclic) bond motifs is 3. The van der Waals surface area contributed by atoms with Crippen LogP contribution in [0, 0.1) is 5.92 Å². The highest BCUT2D eigenvalue weighted by Gasteiger charge is 2.41. The van der Waals surface area contributed by atoms with Gasteiger partial charge in [0.25, 0.3) is 0 Å². The zero-order valence-corrected chi connectivity index (χ0v) is 17.3. The Morgan fingerprint density at radius 1 is 1.21 bits per heavy atom. The molecule has 5 nitrogen and oxygen atoms in total. The van der Waals surface area contributed by atoms with Gasteiger partial charge in [-0.05, 0) is 63.3 Å². The largest absolute Gasteiger partial charge is 0.493 e. The molecule has 28 heavy (non-hydrogen) atoms. The number of aliphatic hydroxyl groups excluding tert-OH is 1. The van der Waals surface area contributed by atoms with E-state index in [4.69, 9.17) is 14.2 Å². The lowest BCUT2D eigenvalue weighted by molar-refractivity contribution is -0.149. The summed E-state index contributed by atoms with van der Waals surface area (Å²) in [6.07, 6.45) is 0.769. The lowest BCUT2D eigenvalue weighted by Crippen LogP contribution is -2.53. The van der Waals surface area contributed by atoms with Gasteiger partial charge in [0.2, 0.25) is 0 Å². The van der Waals surface area contributed by atoms with Gasteiger partial charge in [0.05, 0.1) is 31.5 Å². The van der Waals surface area contributed by atoms with Crippen molar-refractivity contribution in [2.75, 3.05) is 26.8 Å². The third kappa shape index (κ3) is 4.14. The van der Waals surface area contributed by atoms with E-state index in [9.17, 15) is 9.50 Å². The van der Waals surface area contributed by atoms with Gasteiger partial charge in [-0.2, -0.15) is 0 Å². The number of hydrogen-bond acceptors (Lipinski definition) is 5. The fourth-order valence-corrected chi connectivity index (χ4v) is 4.41. The van der Waals surface area contributed by atoms with E-state index in [1.54, 1.807) is 7.11 Å². The maximum atomic E-state index is 13.1. The number of ether oxygens (including phenoxy) is 3. The van der Waals surface area contributed by atoms with Crippen LogP contribution in [0.1, 0.15) is 50.8 Å². The van der Waals surface area contributed by atoms with Crippen molar-refractivity contribution in [2.24, 2.45) is 5.92 Å². The molecule has 1 N–H and O–H groups in total. The smallest absolute Gasteiger partial charge is 0.161 e. The molecule has 0 radical (unpaired) electrons. The SMILES string of the molecule is COc1cc2c(cc1OCC1CC1F)CCN1C[C@@H](OC(C)(C)C)[C@H](O)C[C@H]21. The van der Waals surface area contributed by atoms with Crippen LogP contribution < -0.4 is 9.47 Å². The molecule has 1 aliphatic carbocycles. The van der Waals surface area contributed by atoms with Crippen molar-refractivity contribution in [3.8, 4) is 11.5 Å². The predicted octanol–water partition coefficient (Wildman–Crippen LogP) is 3.28. The van der Waals surface area contributed by atoms with Crippen LogP contribution in [0.15, 0.2) is 12.1 Å². The van der Waals surface area contributed by atoms with Gasteiger partial charge in [-0.3, -0.25) is 4.90 Å². The molecule has 0 bridgehead atoms. The van der Waals surface area contributed by atoms with E-state index >= 15 is 0 Å². The summed E-state index contributed by atoms with van der Waals surface area (Å²) in [4.78, 5) is 2.41. The van der Waals surface area contributed by atoms with Gasteiger partial charge >= 0.3 is 0 Å². The highest BCUT2D eigenvalue weighted by molar-refractivity contribution is 5.49. The summed E-state index contributed by atoms with van der Waals surface area (Å²) in [6.45, 7) is 8.12. The van der Waals surface area contributed by atoms with Gasteiger partial charge in [0, 0.05) is 25.0 Å². The summed E-state index contributed by atoms with van der Waals surface area (Å²) in [7, 11) is 1.63. The van der Waals surface area contributed by atoms with E-state index in [0.717, 1.165) is 19.5 Å². The summed E-state index contributed by atoms with van der Waals surface area (Å²) in [5.41, 5.74) is 2.15. The minimum absolute atomic E-state index is 0.0180. The Hall–Kier alpha value is -1.37. The first-order valence-corrected chi connectivity index (χ1v) is 10.3. The average Bonchev–Trinajstić information content (AvgIpc) is 3.34. The Bertz CT molecular complexity index is 719. The van der Waals surface area contributed by atoms with Gasteiger partial charge in [0.15, 0.2) is 11.5 Å². The fourth-order valence-electron chi connectivity index (χ4n) is 4.41. The minimum atomic E-state index is -0.718. The molecule has 2 fully saturated rings. The molecule has 0 amide bonds. The highest BCUT2D eigenvalue weighted by Crippen LogP contribution is 2.43. The molecule has 1 saturated heterocycles. The number of aliphatic hydroxyl groups is 1. The van der Waals surface area contributed by atoms with E-state index in [2.05, 4.69) is 4.90 Å². The Morgan fingerprint density at radius 3 is 2.61 bits per heavy atom. The van der Waals surface area contributed by atoms with Crippen molar-refractivity contribution in [1.29, 1.82) is 0 Å². The zero-order chi connectivity index (χ0) is 20.1. The maximum absolute atomic E-state index is 13.1. The number of nitrogens with zero attached hydrogens (tertiary/aromatic N) is 1. The maximum Gasteiger partial charge on any atom is 0.161 e. The molecular formula is C22H32FNO4. The molecule has 6 heteroatoms. The van der Waals surface area contributed by atoms with Crippen LogP contribution in [0.25, 0.3) is 0 Å². The quantitative estimate of drug-likeness (QED) is 0.832. The van der Waals surface area contributed by atoms with E-state index in [-0.39, 0.29) is 23.7 Å². The molecule has 4 rings (SSSR count). The monoisotopic (exact) mass is 393 g/mol. The molecule has 1 aromatic rings. The predicted molar refractivity (Wildman–Crippen MR) is 105 cm³/mol. The number of methoxy groups -OCH3 is 1. The summed E-state index contributed by atoms with van der Waals surface area (Å²) >= 11 is 0. The summed E-state index contributed by atoms with van der Waals surface area (Å²) in [5.74, 6) is 1.39. The number of hydrogen-bond donors (Lipinski definition) is 1. The van der Waals surface area contributed by atoms with Crippen molar-refractivity contribution in [2.45, 2.75) is 70.1 Å². The second-order valence-electron chi connectivity index (χ2n) is 9.36. The summed E-state index contributed by atoms with van der Waals surface area (Å²) < 4.78 is 30.7. The van der Waals surface area contributed by atoms with Crippen LogP contribution in [0.3, 0.4) is 0 Å². The van der Waals surface area contributed by atoms with Crippen LogP contribution in [-0.4, -0.2) is 60.8 Å². The van der Waals surface area contributed by atoms with E-state index in [0.29, 0.717) is 30.9 Å². The van der Waals surface area contributed by atoms with Gasteiger partial charge in [-0.25, -0.2) is 4.39 Å². The standard InChI is InChI=1S/C22H32FNO4/c1-22(2,3)28-21-11-24-6-5-13-8-20(27-12-14-7-16(14)23)19(26-4)9-15(13)17(24)10-18(21)25/h8-9,14,16-18,21,25H,5-7,10-12H2,1-4H3/t14?,16?,17-,18-,21-/m1/s1. The van der Waals surface area contributed by atoms with Gasteiger partial charge in [0.1, 0.15) is 6.17 Å². The topological polar surface area (TPSA) is 51.2 Å². The Balaban J connectivity index is 1.52. The van der Waals surface area contributed by atoms with Crippen molar-refractivity contribution >= 4 is 0 Å². The van der Waals surface area contributed by atoms with E-state index < -0.39 is 12.3 Å². The molecule has 0 spiro atoms. The second kappa shape index (κ2) is 7.47. The summed E-state index contributed by atoms with van der Waals surface area (Å²) in [6, 6.07) is 4.24. The first-order valence-electron chi connectivity index (χ1n) is 10.3. The van der Waals surface area contributed by atoms with E-state index in [1.807, 2.05) is 32.9 Å². The molecule has 156 valence electrons. The van der Waals surface area contributed by atoms with Gasteiger partial charge < -0.3 is 19.3 Å². The van der Waals surface area contributed by atoms with Crippen molar-refractivity contribution < 1.29 is 23.7 Å². The first kappa shape index (κ1) is 19.9. The van der Waals surface area contributed by atoms with Gasteiger partial charge in [-0.15, -0.1) is 0 Å². The van der Waals surface area contributed by atoms with Gasteiger partial charge in [-0.1, -0.05) is 0 Å². The third-order valence-corrected chi connectivity index (χ3v) is 6.00. The Labute approximate surface area is 166 Å². The molecule has 0 aromatic heterocycles. The first-order chi connectivity index (χ1) is 13.2. The van der Waals surface area contributed by atoms with Crippen molar-refractivity contribution in [1.82, 2.24) is 4.90 Å². The number of piperidine rings is 1. The molecular weight excluding hydrogens is 361 g/mol. The van der Waals surface area contributed by atoms with E-state index in [1.165, 1.54) is 11.1 Å². The third-order valence-electron chi connectivity index (χ3n) is 6.00. The number of rotatable bonds is 5. The normalized spacial score (nSPS) is 32.4. The second-order valence-corrected chi connectivity index (χ2v) is 9.36. The van der Waals surface area contributed by atoms with Crippen LogP contribution in [0.4, 0.5) is 4.39 Å². The fraction of sp³-hybridized carbons (Fsp3) is 0.727. The number of halogens is 1. The lowest BCUT2D eigenvalue weighted by atomic mass is 9.84. The lowest BCUT2D eigenvalue weighted by Gasteiger charge is -2.46. The zero-order valence-electron chi connectivity index (χ0n) is 17.3. The van der Waals surface area contributed by atoms with Crippen molar-refractivity contribution in [3.63, 3.8) is 0 Å². The van der Waals surface area contributed by atoms with Crippen LogP contribution in [0.5, 0.6) is 11.5 Å². The molecule has 1 aromatic carbocycles. The molecule has 5 atom stereocenters. The molecule has 2 heterocycles. The van der Waals surface area contributed by atoms with Crippen LogP contribution >= 0.6 is 0 Å². The average molecular weight is 393 g/mol. The van der Waals surface area contributed by atoms with Crippen LogP contribution in [0.2, 0.25) is 0 Å².